The first-order chi connectivity index (χ1) is 17.6. The number of ketones is 2. The third-order valence-electron chi connectivity index (χ3n) is 7.17. The molecule has 0 saturated heterocycles. The minimum Gasteiger partial charge on any atom is -0.511 e. The number of amides is 1. The Hall–Kier alpha value is -3.86. The van der Waals surface area contributed by atoms with Crippen LogP contribution in [-0.2, 0) is 26.0 Å². The quantitative estimate of drug-likeness (QED) is 0.212. The van der Waals surface area contributed by atoms with Gasteiger partial charge in [-0.25, -0.2) is 13.1 Å². The number of carbonyl (C=O) groups excluding carboxylic acids is 3. The number of rotatable bonds is 4. The Balaban J connectivity index is 1.87. The molecule has 7 N–H and O–H groups in total. The molecular weight excluding hydrogens is 518 g/mol. The van der Waals surface area contributed by atoms with E-state index in [-0.39, 0.29) is 42.5 Å². The minimum atomic E-state index is -3.50. The van der Waals surface area contributed by atoms with E-state index in [2.05, 4.69) is 16.6 Å². The largest absolute Gasteiger partial charge is 0.511 e. The van der Waals surface area contributed by atoms with Gasteiger partial charge in [0.2, 0.25) is 15.8 Å². The van der Waals surface area contributed by atoms with Crippen molar-refractivity contribution in [3.63, 3.8) is 0 Å². The summed E-state index contributed by atoms with van der Waals surface area (Å²) in [6, 6.07) is 1.56. The molecule has 3 aliphatic rings. The molecule has 0 unspecified atom stereocenters. The molecule has 0 aliphatic heterocycles. The number of phenolic OH excluding ortho intramolecular Hbond substituents is 1. The standard InChI is InChI=1S/C25H27N3O9S/c1-28(2)15-9-11(5-4-6-27-38(3,36)37)20(30)18-14(15)8-12-7-13-10-16(29)19(24(26)34)23(33)25(13,35)22(32)17(12)21(18)31/h9,12-13,27,29-30,32,35H,6-8,10H2,1-3H3,(H2,26,34)/t12-,13+,25+/m1/s1. The number of primary amides is 1. The molecule has 0 radical (unpaired) electrons. The molecule has 0 fully saturated rings. The number of hydrogen-bond acceptors (Lipinski definition) is 10. The van der Waals surface area contributed by atoms with Gasteiger partial charge in [0.05, 0.1) is 23.9 Å². The predicted octanol–water partition coefficient (Wildman–Crippen LogP) is -0.453. The van der Waals surface area contributed by atoms with E-state index in [4.69, 9.17) is 5.73 Å². The fourth-order valence-electron chi connectivity index (χ4n) is 5.47. The van der Waals surface area contributed by atoms with Crippen molar-refractivity contribution in [2.45, 2.75) is 24.9 Å². The fourth-order valence-corrected chi connectivity index (χ4v) is 5.80. The summed E-state index contributed by atoms with van der Waals surface area (Å²) in [7, 11) is -0.0596. The number of nitrogens with zero attached hydrogens (tertiary/aromatic N) is 1. The summed E-state index contributed by atoms with van der Waals surface area (Å²) in [5, 5.41) is 43.8. The summed E-state index contributed by atoms with van der Waals surface area (Å²) in [5.41, 5.74) is 2.31. The van der Waals surface area contributed by atoms with Crippen LogP contribution in [0.3, 0.4) is 0 Å². The zero-order valence-corrected chi connectivity index (χ0v) is 21.6. The molecule has 38 heavy (non-hydrogen) atoms. The first kappa shape index (κ1) is 27.2. The fraction of sp³-hybridized carbons (Fsp3) is 0.400. The summed E-state index contributed by atoms with van der Waals surface area (Å²) in [6.07, 6.45) is 0.832. The number of sulfonamides is 1. The van der Waals surface area contributed by atoms with E-state index >= 15 is 0 Å². The van der Waals surface area contributed by atoms with Gasteiger partial charge in [0.25, 0.3) is 5.91 Å². The number of aliphatic hydroxyl groups is 3. The van der Waals surface area contributed by atoms with Gasteiger partial charge >= 0.3 is 0 Å². The van der Waals surface area contributed by atoms with Crippen LogP contribution < -0.4 is 15.4 Å². The SMILES string of the molecule is CN(C)c1cc(C#CCNS(C)(=O)=O)c(O)c2c1C[C@H]1C[C@H]3CC(O)=C(C(N)=O)C(=O)[C@@]3(O)C(O)=C1C2=O. The van der Waals surface area contributed by atoms with Crippen molar-refractivity contribution in [3.05, 3.63) is 45.4 Å². The van der Waals surface area contributed by atoms with Crippen molar-refractivity contribution in [1.29, 1.82) is 0 Å². The summed E-state index contributed by atoms with van der Waals surface area (Å²) in [6.45, 7) is -0.242. The van der Waals surface area contributed by atoms with Crippen LogP contribution in [0, 0.1) is 23.7 Å². The predicted molar refractivity (Wildman–Crippen MR) is 135 cm³/mol. The normalized spacial score (nSPS) is 24.7. The number of hydrogen-bond donors (Lipinski definition) is 6. The zero-order valence-electron chi connectivity index (χ0n) is 20.8. The highest BCUT2D eigenvalue weighted by Gasteiger charge is 2.59. The molecule has 202 valence electrons. The molecule has 0 spiro atoms. The lowest BCUT2D eigenvalue weighted by Gasteiger charge is -2.45. The lowest BCUT2D eigenvalue weighted by atomic mass is 9.60. The Morgan fingerprint density at radius 3 is 2.47 bits per heavy atom. The van der Waals surface area contributed by atoms with Crippen molar-refractivity contribution in [3.8, 4) is 17.6 Å². The van der Waals surface area contributed by atoms with Crippen molar-refractivity contribution in [1.82, 2.24) is 4.72 Å². The molecule has 3 aliphatic carbocycles. The third kappa shape index (κ3) is 4.20. The summed E-state index contributed by atoms with van der Waals surface area (Å²) >= 11 is 0. The number of phenols is 1. The Morgan fingerprint density at radius 1 is 1.24 bits per heavy atom. The van der Waals surface area contributed by atoms with E-state index in [1.54, 1.807) is 25.1 Å². The molecule has 0 heterocycles. The Morgan fingerprint density at radius 2 is 1.89 bits per heavy atom. The lowest BCUT2D eigenvalue weighted by Crippen LogP contribution is -2.57. The van der Waals surface area contributed by atoms with Crippen LogP contribution in [-0.4, -0.2) is 78.8 Å². The van der Waals surface area contributed by atoms with Crippen LogP contribution in [0.25, 0.3) is 0 Å². The van der Waals surface area contributed by atoms with Gasteiger partial charge in [0.15, 0.2) is 11.4 Å². The Kier molecular flexibility index (Phi) is 6.55. The Labute approximate surface area is 218 Å². The number of anilines is 1. The van der Waals surface area contributed by atoms with Crippen LogP contribution >= 0.6 is 0 Å². The highest BCUT2D eigenvalue weighted by molar-refractivity contribution is 7.88. The molecule has 0 bridgehead atoms. The summed E-state index contributed by atoms with van der Waals surface area (Å²) in [4.78, 5) is 40.3. The number of aliphatic hydroxyl groups excluding tert-OH is 2. The average molecular weight is 546 g/mol. The van der Waals surface area contributed by atoms with Gasteiger partial charge in [-0.2, -0.15) is 0 Å². The molecule has 1 aromatic carbocycles. The number of nitrogens with two attached hydrogens (primary N) is 1. The number of fused-ring (bicyclic) bond motifs is 3. The van der Waals surface area contributed by atoms with E-state index in [9.17, 15) is 43.2 Å². The summed E-state index contributed by atoms with van der Waals surface area (Å²) < 4.78 is 24.8. The molecule has 3 atom stereocenters. The van der Waals surface area contributed by atoms with Gasteiger partial charge in [-0.1, -0.05) is 11.8 Å². The molecule has 12 nitrogen and oxygen atoms in total. The molecule has 0 aromatic heterocycles. The maximum absolute atomic E-state index is 13.8. The number of Topliss-reactive ketones (excluding diaryl/α,β-unsaturated/α-hetero) is 2. The maximum atomic E-state index is 13.8. The summed E-state index contributed by atoms with van der Waals surface area (Å²) in [5.74, 6) is -1.89. The number of benzene rings is 1. The van der Waals surface area contributed by atoms with Gasteiger partial charge in [-0.15, -0.1) is 0 Å². The minimum absolute atomic E-state index is 0.0231. The maximum Gasteiger partial charge on any atom is 0.255 e. The lowest BCUT2D eigenvalue weighted by molar-refractivity contribution is -0.144. The third-order valence-corrected chi connectivity index (χ3v) is 7.83. The van der Waals surface area contributed by atoms with Crippen LogP contribution in [0.15, 0.2) is 28.7 Å². The zero-order chi connectivity index (χ0) is 28.3. The van der Waals surface area contributed by atoms with Crippen molar-refractivity contribution in [2.75, 3.05) is 31.8 Å². The first-order valence-corrected chi connectivity index (χ1v) is 13.5. The van der Waals surface area contributed by atoms with Crippen molar-refractivity contribution >= 4 is 33.2 Å². The molecule has 4 rings (SSSR count). The highest BCUT2D eigenvalue weighted by Crippen LogP contribution is 2.52. The van der Waals surface area contributed by atoms with Gasteiger partial charge in [0, 0.05) is 37.7 Å². The molecular formula is C25H27N3O9S. The van der Waals surface area contributed by atoms with Gasteiger partial charge < -0.3 is 31.1 Å². The van der Waals surface area contributed by atoms with Crippen LogP contribution in [0.4, 0.5) is 5.69 Å². The monoisotopic (exact) mass is 545 g/mol. The average Bonchev–Trinajstić information content (AvgIpc) is 2.79. The van der Waals surface area contributed by atoms with Crippen LogP contribution in [0.1, 0.15) is 34.3 Å². The van der Waals surface area contributed by atoms with Crippen LogP contribution in [0.5, 0.6) is 5.75 Å². The van der Waals surface area contributed by atoms with Crippen molar-refractivity contribution < 1.29 is 43.2 Å². The number of aromatic hydroxyl groups is 1. The molecule has 1 amide bonds. The second-order valence-corrected chi connectivity index (χ2v) is 11.7. The second kappa shape index (κ2) is 9.16. The number of carbonyl (C=O) groups is 3. The molecule has 0 saturated carbocycles. The first-order valence-electron chi connectivity index (χ1n) is 11.6. The van der Waals surface area contributed by atoms with Crippen molar-refractivity contribution in [2.24, 2.45) is 17.6 Å². The number of nitrogens with one attached hydrogen (secondary N) is 1. The number of allylic oxidation sites excluding steroid dienone is 2. The van der Waals surface area contributed by atoms with E-state index in [0.717, 1.165) is 6.26 Å². The van der Waals surface area contributed by atoms with E-state index in [1.807, 2.05) is 0 Å². The smallest absolute Gasteiger partial charge is 0.255 e. The van der Waals surface area contributed by atoms with E-state index < -0.39 is 67.8 Å². The molecule has 13 heteroatoms. The van der Waals surface area contributed by atoms with Gasteiger partial charge in [-0.05, 0) is 30.4 Å². The topological polar surface area (TPSA) is 208 Å². The molecule has 1 aromatic rings. The van der Waals surface area contributed by atoms with Gasteiger partial charge in [0.1, 0.15) is 22.8 Å². The second-order valence-electron chi connectivity index (χ2n) is 9.85. The highest BCUT2D eigenvalue weighted by atomic mass is 32.2. The van der Waals surface area contributed by atoms with E-state index in [0.29, 0.717) is 11.3 Å². The van der Waals surface area contributed by atoms with Gasteiger partial charge in [-0.3, -0.25) is 14.4 Å². The van der Waals surface area contributed by atoms with E-state index in [1.165, 1.54) is 0 Å². The van der Waals surface area contributed by atoms with Crippen LogP contribution in [0.2, 0.25) is 0 Å². The Bertz CT molecular complexity index is 1530.